The van der Waals surface area contributed by atoms with Crippen LogP contribution in [0.15, 0.2) is 84.9 Å². The maximum absolute atomic E-state index is 13.2. The molecule has 4 aliphatic heterocycles. The average Bonchev–Trinajstić information content (AvgIpc) is 3.41. The average molecular weight is 770 g/mol. The van der Waals surface area contributed by atoms with E-state index in [9.17, 15) is 19.5 Å². The third kappa shape index (κ3) is 7.30. The lowest BCUT2D eigenvalue weighted by atomic mass is 9.87. The first-order valence-electron chi connectivity index (χ1n) is 20.2. The number of piperidine rings is 2. The van der Waals surface area contributed by atoms with Crippen LogP contribution in [0, 0.1) is 5.92 Å². The molecule has 288 valence electrons. The monoisotopic (exact) mass is 769 g/mol. The molecule has 3 amide bonds. The summed E-state index contributed by atoms with van der Waals surface area (Å²) >= 11 is 6.28. The number of aryl methyl sites for hydroxylation is 1. The summed E-state index contributed by atoms with van der Waals surface area (Å²) in [6, 6.07) is 28.6. The number of carbonyl (C=O) groups excluding carboxylic acids is 3. The maximum atomic E-state index is 13.2. The molecule has 1 atom stereocenters. The van der Waals surface area contributed by atoms with Gasteiger partial charge >= 0.3 is 0 Å². The number of nitrogens with zero attached hydrogens (tertiary/aromatic N) is 4. The Morgan fingerprint density at radius 1 is 0.679 bits per heavy atom. The van der Waals surface area contributed by atoms with Crippen LogP contribution < -0.4 is 15.1 Å². The van der Waals surface area contributed by atoms with E-state index in [1.807, 2.05) is 36.4 Å². The van der Waals surface area contributed by atoms with E-state index in [0.29, 0.717) is 30.2 Å². The van der Waals surface area contributed by atoms with Crippen molar-refractivity contribution in [1.29, 1.82) is 0 Å². The Kier molecular flexibility index (Phi) is 10.1. The number of hydrogen-bond donors (Lipinski definition) is 2. The molecule has 3 saturated heterocycles. The topological polar surface area (TPSA) is 96.4 Å². The number of hydrogen-bond acceptors (Lipinski definition) is 7. The summed E-state index contributed by atoms with van der Waals surface area (Å²) in [4.78, 5) is 46.5. The summed E-state index contributed by atoms with van der Waals surface area (Å²) in [6.07, 6.45) is 5.89. The first kappa shape index (κ1) is 36.5. The van der Waals surface area contributed by atoms with Crippen molar-refractivity contribution >= 4 is 51.8 Å². The highest BCUT2D eigenvalue weighted by Crippen LogP contribution is 2.41. The van der Waals surface area contributed by atoms with Gasteiger partial charge in [0.25, 0.3) is 5.91 Å². The van der Waals surface area contributed by atoms with Crippen molar-refractivity contribution in [1.82, 2.24) is 15.1 Å². The number of aromatic hydroxyl groups is 1. The van der Waals surface area contributed by atoms with E-state index in [4.69, 9.17) is 11.6 Å². The Hall–Kier alpha value is -5.12. The van der Waals surface area contributed by atoms with Crippen molar-refractivity contribution in [3.63, 3.8) is 0 Å². The molecule has 1 aliphatic carbocycles. The van der Waals surface area contributed by atoms with Gasteiger partial charge in [0.05, 0.1) is 0 Å². The molecule has 0 saturated carbocycles. The van der Waals surface area contributed by atoms with Gasteiger partial charge in [0.1, 0.15) is 11.8 Å². The van der Waals surface area contributed by atoms with Gasteiger partial charge in [-0.1, -0.05) is 41.9 Å². The van der Waals surface area contributed by atoms with Gasteiger partial charge in [0.2, 0.25) is 11.8 Å². The van der Waals surface area contributed by atoms with Crippen molar-refractivity contribution in [2.24, 2.45) is 5.92 Å². The number of imide groups is 1. The summed E-state index contributed by atoms with van der Waals surface area (Å²) in [7, 11) is 0. The van der Waals surface area contributed by atoms with Gasteiger partial charge in [-0.3, -0.25) is 24.6 Å². The van der Waals surface area contributed by atoms with E-state index in [-0.39, 0.29) is 24.1 Å². The van der Waals surface area contributed by atoms with Gasteiger partial charge in [-0.25, -0.2) is 0 Å². The van der Waals surface area contributed by atoms with Crippen LogP contribution in [0.5, 0.6) is 5.75 Å². The Morgan fingerprint density at radius 2 is 1.38 bits per heavy atom. The molecule has 10 heteroatoms. The lowest BCUT2D eigenvalue weighted by Crippen LogP contribution is -2.52. The Morgan fingerprint density at radius 3 is 2.12 bits per heavy atom. The normalized spacial score (nSPS) is 20.9. The standard InChI is InChI=1S/C46H48ClN5O4/c47-35-8-4-31(5-9-35)39-3-1-2-33-27-38(53)13-15-40(33)44(39)32-6-10-36(11-7-32)50-20-18-30(19-21-50)28-49-22-24-51(25-23-49)37-12-14-41-34(26-37)29-52(46(41)56)42-16-17-43(54)48-45(42)55/h4-15,26-27,30,42,53H,1-3,16-25,28-29H2,(H,48,54,55)/t42-/m0/s1. The second-order valence-corrected chi connectivity index (χ2v) is 16.5. The van der Waals surface area contributed by atoms with E-state index < -0.39 is 6.04 Å². The van der Waals surface area contributed by atoms with Gasteiger partial charge in [-0.2, -0.15) is 0 Å². The van der Waals surface area contributed by atoms with E-state index >= 15 is 0 Å². The first-order valence-corrected chi connectivity index (χ1v) is 20.6. The minimum Gasteiger partial charge on any atom is -0.508 e. The fourth-order valence-corrected chi connectivity index (χ4v) is 9.69. The van der Waals surface area contributed by atoms with E-state index in [2.05, 4.69) is 68.5 Å². The third-order valence-electron chi connectivity index (χ3n) is 12.6. The minimum atomic E-state index is -0.591. The zero-order valence-electron chi connectivity index (χ0n) is 31.7. The van der Waals surface area contributed by atoms with Crippen LogP contribution >= 0.6 is 11.6 Å². The molecule has 3 fully saturated rings. The summed E-state index contributed by atoms with van der Waals surface area (Å²) in [6.45, 7) is 7.53. The number of anilines is 2. The fraction of sp³-hybridized carbons (Fsp3) is 0.370. The third-order valence-corrected chi connectivity index (χ3v) is 12.9. The summed E-state index contributed by atoms with van der Waals surface area (Å²) in [5, 5.41) is 13.4. The zero-order chi connectivity index (χ0) is 38.3. The number of carbonyl (C=O) groups is 3. The van der Waals surface area contributed by atoms with Crippen LogP contribution in [0.2, 0.25) is 5.02 Å². The van der Waals surface area contributed by atoms with Gasteiger partial charge < -0.3 is 19.8 Å². The van der Waals surface area contributed by atoms with Crippen molar-refractivity contribution in [3.8, 4) is 5.75 Å². The molecule has 0 spiro atoms. The highest BCUT2D eigenvalue weighted by atomic mass is 35.5. The molecule has 2 N–H and O–H groups in total. The lowest BCUT2D eigenvalue weighted by molar-refractivity contribution is -0.136. The van der Waals surface area contributed by atoms with Crippen molar-refractivity contribution < 1.29 is 19.5 Å². The predicted octanol–water partition coefficient (Wildman–Crippen LogP) is 7.14. The van der Waals surface area contributed by atoms with E-state index in [0.717, 1.165) is 81.3 Å². The van der Waals surface area contributed by atoms with E-state index in [1.54, 1.807) is 4.90 Å². The number of halogens is 1. The second kappa shape index (κ2) is 15.4. The molecule has 4 aromatic carbocycles. The highest BCUT2D eigenvalue weighted by molar-refractivity contribution is 6.30. The van der Waals surface area contributed by atoms with Gasteiger partial charge in [-0.15, -0.1) is 0 Å². The SMILES string of the molecule is O=C1CC[C@H](N2Cc3cc(N4CCN(CC5CCN(c6ccc(C7=C(c8ccc(Cl)cc8)CCCc8cc(O)ccc87)cc6)CC5)CC4)ccc3C2=O)C(=O)N1. The molecule has 9 rings (SSSR count). The highest BCUT2D eigenvalue weighted by Gasteiger charge is 2.39. The Balaban J connectivity index is 0.802. The second-order valence-electron chi connectivity index (χ2n) is 16.1. The Bertz CT molecular complexity index is 2190. The lowest BCUT2D eigenvalue weighted by Gasteiger charge is -2.40. The fourth-order valence-electron chi connectivity index (χ4n) is 9.57. The molecule has 4 aromatic rings. The molecule has 0 aromatic heterocycles. The summed E-state index contributed by atoms with van der Waals surface area (Å²) in [5.74, 6) is 0.220. The number of benzene rings is 4. The number of allylic oxidation sites excluding steroid dienone is 1. The number of fused-ring (bicyclic) bond motifs is 2. The van der Waals surface area contributed by atoms with Crippen LogP contribution in [0.3, 0.4) is 0 Å². The van der Waals surface area contributed by atoms with Gasteiger partial charge in [-0.05, 0) is 138 Å². The number of amides is 3. The molecule has 0 radical (unpaired) electrons. The molecule has 0 unspecified atom stereocenters. The zero-order valence-corrected chi connectivity index (χ0v) is 32.4. The van der Waals surface area contributed by atoms with Gasteiger partial charge in [0, 0.05) is 80.7 Å². The smallest absolute Gasteiger partial charge is 0.255 e. The van der Waals surface area contributed by atoms with E-state index in [1.165, 1.54) is 51.9 Å². The number of phenolic OH excluding ortho intramolecular Hbond substituents is 1. The summed E-state index contributed by atoms with van der Waals surface area (Å²) < 4.78 is 0. The van der Waals surface area contributed by atoms with Crippen molar-refractivity contribution in [2.45, 2.75) is 57.5 Å². The van der Waals surface area contributed by atoms with Crippen LogP contribution in [-0.2, 0) is 22.6 Å². The maximum Gasteiger partial charge on any atom is 0.255 e. The molecule has 0 bridgehead atoms. The van der Waals surface area contributed by atoms with Gasteiger partial charge in [0.15, 0.2) is 0 Å². The largest absolute Gasteiger partial charge is 0.508 e. The van der Waals surface area contributed by atoms with Crippen LogP contribution in [0.1, 0.15) is 76.7 Å². The number of nitrogens with one attached hydrogen (secondary N) is 1. The molecule has 56 heavy (non-hydrogen) atoms. The minimum absolute atomic E-state index is 0.126. The predicted molar refractivity (Wildman–Crippen MR) is 221 cm³/mol. The summed E-state index contributed by atoms with van der Waals surface area (Å²) in [5.41, 5.74) is 11.4. The number of piperazine rings is 1. The van der Waals surface area contributed by atoms with Crippen LogP contribution in [-0.4, -0.2) is 84.5 Å². The molecule has 5 aliphatic rings. The quantitative estimate of drug-likeness (QED) is 0.193. The Labute approximate surface area is 333 Å². The molecular formula is C46H48ClN5O4. The van der Waals surface area contributed by atoms with Crippen LogP contribution in [0.25, 0.3) is 11.1 Å². The van der Waals surface area contributed by atoms with Crippen molar-refractivity contribution in [2.75, 3.05) is 55.6 Å². The number of rotatable bonds is 7. The van der Waals surface area contributed by atoms with Crippen LogP contribution in [0.4, 0.5) is 11.4 Å². The first-order chi connectivity index (χ1) is 27.3. The number of phenols is 1. The molecule has 9 nitrogen and oxygen atoms in total. The molecular weight excluding hydrogens is 722 g/mol. The van der Waals surface area contributed by atoms with Crippen molar-refractivity contribution in [3.05, 3.63) is 123 Å². The molecule has 4 heterocycles.